The Morgan fingerprint density at radius 3 is 1.67 bits per heavy atom. The van der Waals surface area contributed by atoms with Crippen LogP contribution in [0.15, 0.2) is 188 Å². The minimum atomic E-state index is 0.638. The van der Waals surface area contributed by atoms with Crippen molar-refractivity contribution in [2.45, 2.75) is 0 Å². The quantitative estimate of drug-likeness (QED) is 0.180. The van der Waals surface area contributed by atoms with Crippen molar-refractivity contribution in [1.29, 1.82) is 5.26 Å². The molecule has 0 saturated heterocycles. The van der Waals surface area contributed by atoms with Crippen LogP contribution in [-0.4, -0.2) is 9.55 Å². The van der Waals surface area contributed by atoms with E-state index in [1.54, 1.807) is 0 Å². The van der Waals surface area contributed by atoms with E-state index in [0.29, 0.717) is 5.56 Å². The maximum Gasteiger partial charge on any atom is 0.0991 e. The number of para-hydroxylation sites is 1. The first kappa shape index (κ1) is 30.1. The maximum absolute atomic E-state index is 9.50. The van der Waals surface area contributed by atoms with E-state index in [4.69, 9.17) is 4.98 Å². The predicted octanol–water partition coefficient (Wildman–Crippen LogP) is 12.4. The van der Waals surface area contributed by atoms with Crippen molar-refractivity contribution in [1.82, 2.24) is 9.55 Å². The van der Waals surface area contributed by atoms with Gasteiger partial charge in [-0.1, -0.05) is 127 Å². The van der Waals surface area contributed by atoms with Crippen LogP contribution in [0.4, 0.5) is 0 Å². The number of hydrogen-bond donors (Lipinski definition) is 0. The molecule has 0 aliphatic carbocycles. The van der Waals surface area contributed by atoms with Gasteiger partial charge < -0.3 is 4.57 Å². The first-order valence-electron chi connectivity index (χ1n) is 17.1. The topological polar surface area (TPSA) is 41.6 Å². The molecule has 0 amide bonds. The lowest BCUT2D eigenvalue weighted by atomic mass is 9.98. The highest BCUT2D eigenvalue weighted by atomic mass is 15.0. The predicted molar refractivity (Wildman–Crippen MR) is 210 cm³/mol. The molecule has 238 valence electrons. The fraction of sp³-hybridized carbons (Fsp3) is 0. The first-order valence-corrected chi connectivity index (χ1v) is 17.1. The van der Waals surface area contributed by atoms with Gasteiger partial charge in [-0.3, -0.25) is 0 Å². The Bertz CT molecular complexity index is 2730. The molecule has 0 bridgehead atoms. The van der Waals surface area contributed by atoms with Crippen molar-refractivity contribution in [3.8, 4) is 67.7 Å². The van der Waals surface area contributed by atoms with E-state index in [2.05, 4.69) is 156 Å². The molecule has 0 aliphatic heterocycles. The van der Waals surface area contributed by atoms with Gasteiger partial charge in [-0.05, 0) is 94.0 Å². The number of pyridine rings is 1. The van der Waals surface area contributed by atoms with Crippen molar-refractivity contribution in [3.63, 3.8) is 0 Å². The van der Waals surface area contributed by atoms with Crippen LogP contribution in [0.3, 0.4) is 0 Å². The summed E-state index contributed by atoms with van der Waals surface area (Å²) in [6.07, 6.45) is 0. The van der Waals surface area contributed by atoms with Crippen molar-refractivity contribution in [2.24, 2.45) is 0 Å². The maximum atomic E-state index is 9.50. The zero-order valence-corrected chi connectivity index (χ0v) is 27.7. The Morgan fingerprint density at radius 1 is 0.373 bits per heavy atom. The van der Waals surface area contributed by atoms with E-state index in [1.807, 2.05) is 42.5 Å². The van der Waals surface area contributed by atoms with Gasteiger partial charge >= 0.3 is 0 Å². The SMILES string of the molecule is N#Cc1ccc(-c2cc(-c3cccc(-c4ccccc4)n3)cc(-n3c4ccccc4c4ccc(-c5cccc(-c6ccccc6)c5)cc43)c2)cc1. The zero-order chi connectivity index (χ0) is 34.1. The molecule has 0 radical (unpaired) electrons. The lowest BCUT2D eigenvalue weighted by Crippen LogP contribution is -1.97. The third kappa shape index (κ3) is 5.65. The Morgan fingerprint density at radius 2 is 0.902 bits per heavy atom. The third-order valence-electron chi connectivity index (χ3n) is 9.61. The Kier molecular flexibility index (Phi) is 7.54. The average Bonchev–Trinajstić information content (AvgIpc) is 3.55. The summed E-state index contributed by atoms with van der Waals surface area (Å²) in [6, 6.07) is 68.1. The van der Waals surface area contributed by atoms with E-state index in [0.717, 1.165) is 55.9 Å². The van der Waals surface area contributed by atoms with Gasteiger partial charge in [0.15, 0.2) is 0 Å². The second-order valence-electron chi connectivity index (χ2n) is 12.8. The average molecular weight is 650 g/mol. The van der Waals surface area contributed by atoms with Gasteiger partial charge in [0.1, 0.15) is 0 Å². The van der Waals surface area contributed by atoms with Gasteiger partial charge in [-0.25, -0.2) is 4.98 Å². The van der Waals surface area contributed by atoms with E-state index in [-0.39, 0.29) is 0 Å². The number of fused-ring (bicyclic) bond motifs is 3. The molecule has 0 atom stereocenters. The highest BCUT2D eigenvalue weighted by Gasteiger charge is 2.16. The second-order valence-corrected chi connectivity index (χ2v) is 12.8. The monoisotopic (exact) mass is 649 g/mol. The summed E-state index contributed by atoms with van der Waals surface area (Å²) in [5, 5.41) is 11.9. The van der Waals surface area contributed by atoms with Gasteiger partial charge in [-0.2, -0.15) is 5.26 Å². The van der Waals surface area contributed by atoms with Crippen LogP contribution >= 0.6 is 0 Å². The fourth-order valence-corrected chi connectivity index (χ4v) is 7.09. The molecule has 2 heterocycles. The number of aromatic nitrogens is 2. The van der Waals surface area contributed by atoms with Crippen LogP contribution in [0.25, 0.3) is 83.4 Å². The lowest BCUT2D eigenvalue weighted by molar-refractivity contribution is 1.18. The van der Waals surface area contributed by atoms with Crippen molar-refractivity contribution in [3.05, 3.63) is 194 Å². The van der Waals surface area contributed by atoms with Gasteiger partial charge in [0, 0.05) is 27.6 Å². The minimum absolute atomic E-state index is 0.638. The number of nitriles is 1. The molecule has 7 aromatic carbocycles. The number of hydrogen-bond acceptors (Lipinski definition) is 2. The summed E-state index contributed by atoms with van der Waals surface area (Å²) in [4.78, 5) is 5.16. The van der Waals surface area contributed by atoms with E-state index in [9.17, 15) is 5.26 Å². The van der Waals surface area contributed by atoms with Crippen LogP contribution in [0, 0.1) is 11.3 Å². The molecule has 9 aromatic rings. The largest absolute Gasteiger partial charge is 0.309 e. The lowest BCUT2D eigenvalue weighted by Gasteiger charge is -2.15. The minimum Gasteiger partial charge on any atom is -0.309 e. The van der Waals surface area contributed by atoms with Crippen LogP contribution in [0.5, 0.6) is 0 Å². The molecule has 51 heavy (non-hydrogen) atoms. The molecule has 3 heteroatoms. The van der Waals surface area contributed by atoms with Crippen LogP contribution in [0.2, 0.25) is 0 Å². The normalized spacial score (nSPS) is 11.1. The highest BCUT2D eigenvalue weighted by Crippen LogP contribution is 2.38. The summed E-state index contributed by atoms with van der Waals surface area (Å²) in [5.74, 6) is 0. The third-order valence-corrected chi connectivity index (χ3v) is 9.61. The van der Waals surface area contributed by atoms with Gasteiger partial charge in [0.2, 0.25) is 0 Å². The molecule has 0 unspecified atom stereocenters. The van der Waals surface area contributed by atoms with Crippen LogP contribution < -0.4 is 0 Å². The zero-order valence-electron chi connectivity index (χ0n) is 27.7. The number of nitrogens with zero attached hydrogens (tertiary/aromatic N) is 3. The molecule has 0 spiro atoms. The molecular weight excluding hydrogens is 619 g/mol. The molecule has 9 rings (SSSR count). The van der Waals surface area contributed by atoms with E-state index in [1.165, 1.54) is 27.5 Å². The Balaban J connectivity index is 1.26. The van der Waals surface area contributed by atoms with E-state index >= 15 is 0 Å². The summed E-state index contributed by atoms with van der Waals surface area (Å²) in [6.45, 7) is 0. The van der Waals surface area contributed by atoms with Crippen molar-refractivity contribution < 1.29 is 0 Å². The van der Waals surface area contributed by atoms with Crippen molar-refractivity contribution >= 4 is 21.8 Å². The Hall–Kier alpha value is -7.02. The van der Waals surface area contributed by atoms with Crippen LogP contribution in [-0.2, 0) is 0 Å². The van der Waals surface area contributed by atoms with E-state index < -0.39 is 0 Å². The summed E-state index contributed by atoms with van der Waals surface area (Å²) in [5.41, 5.74) is 14.7. The summed E-state index contributed by atoms with van der Waals surface area (Å²) in [7, 11) is 0. The van der Waals surface area contributed by atoms with Crippen LogP contribution in [0.1, 0.15) is 5.56 Å². The fourth-order valence-electron chi connectivity index (χ4n) is 7.09. The Labute approximate surface area is 297 Å². The summed E-state index contributed by atoms with van der Waals surface area (Å²) < 4.78 is 2.38. The number of benzene rings is 7. The van der Waals surface area contributed by atoms with Gasteiger partial charge in [-0.15, -0.1) is 0 Å². The second kappa shape index (κ2) is 12.8. The standard InChI is InChI=1S/C48H31N3/c49-32-33-21-23-35(24-22-33)40-28-41(46-19-10-18-45(50-46)36-13-5-2-6-14-36)30-42(29-40)51-47-20-8-7-17-43(47)44-26-25-39(31-48(44)51)38-16-9-15-37(27-38)34-11-3-1-4-12-34/h1-31H. The molecule has 0 N–H and O–H groups in total. The molecule has 3 nitrogen and oxygen atoms in total. The van der Waals surface area contributed by atoms with Gasteiger partial charge in [0.25, 0.3) is 0 Å². The van der Waals surface area contributed by atoms with Gasteiger partial charge in [0.05, 0.1) is 34.1 Å². The molecule has 0 aliphatic rings. The molecule has 0 saturated carbocycles. The summed E-state index contributed by atoms with van der Waals surface area (Å²) >= 11 is 0. The van der Waals surface area contributed by atoms with Crippen molar-refractivity contribution in [2.75, 3.05) is 0 Å². The molecular formula is C48H31N3. The first-order chi connectivity index (χ1) is 25.2. The molecule has 0 fully saturated rings. The highest BCUT2D eigenvalue weighted by molar-refractivity contribution is 6.10. The molecule has 2 aromatic heterocycles. The number of rotatable bonds is 6. The smallest absolute Gasteiger partial charge is 0.0991 e.